The number of phenols is 1. The van der Waals surface area contributed by atoms with Gasteiger partial charge in [-0.05, 0) is 31.4 Å². The molecule has 0 aliphatic rings. The average Bonchev–Trinajstić information content (AvgIpc) is 2.53. The molecule has 0 saturated carbocycles. The standard InChI is InChI=1S/C18H22O5/c1-3-5-6-7-13(4-2)22-18(21)17-11-15(20)14-9-8-12(19)10-16(14)23-17/h8-11,13,19H,3-7H2,1-2H3. The van der Waals surface area contributed by atoms with Crippen molar-refractivity contribution >= 4 is 16.9 Å². The van der Waals surface area contributed by atoms with Crippen molar-refractivity contribution in [2.24, 2.45) is 0 Å². The van der Waals surface area contributed by atoms with Gasteiger partial charge in [0.25, 0.3) is 0 Å². The lowest BCUT2D eigenvalue weighted by Gasteiger charge is -2.15. The maximum absolute atomic E-state index is 12.2. The van der Waals surface area contributed by atoms with Gasteiger partial charge in [0.15, 0.2) is 5.43 Å². The molecule has 5 nitrogen and oxygen atoms in total. The molecular formula is C18H22O5. The van der Waals surface area contributed by atoms with Crippen LogP contribution in [0.1, 0.15) is 56.5 Å². The molecule has 0 saturated heterocycles. The monoisotopic (exact) mass is 318 g/mol. The number of esters is 1. The summed E-state index contributed by atoms with van der Waals surface area (Å²) in [5.74, 6) is -0.810. The molecule has 5 heteroatoms. The average molecular weight is 318 g/mol. The van der Waals surface area contributed by atoms with E-state index in [2.05, 4.69) is 6.92 Å². The van der Waals surface area contributed by atoms with E-state index in [-0.39, 0.29) is 28.6 Å². The first kappa shape index (κ1) is 17.1. The topological polar surface area (TPSA) is 76.7 Å². The van der Waals surface area contributed by atoms with Crippen molar-refractivity contribution in [3.63, 3.8) is 0 Å². The van der Waals surface area contributed by atoms with E-state index in [0.717, 1.165) is 31.7 Å². The quantitative estimate of drug-likeness (QED) is 0.616. The molecule has 1 atom stereocenters. The fraction of sp³-hybridized carbons (Fsp3) is 0.444. The first-order chi connectivity index (χ1) is 11.0. The smallest absolute Gasteiger partial charge is 0.374 e. The second kappa shape index (κ2) is 7.81. The summed E-state index contributed by atoms with van der Waals surface area (Å²) in [5.41, 5.74) is -0.166. The Morgan fingerprint density at radius 2 is 2.04 bits per heavy atom. The van der Waals surface area contributed by atoms with Crippen LogP contribution in [0.15, 0.2) is 33.5 Å². The molecule has 1 N–H and O–H groups in total. The Hall–Kier alpha value is -2.30. The molecule has 2 aromatic rings. The maximum Gasteiger partial charge on any atom is 0.374 e. The van der Waals surface area contributed by atoms with Gasteiger partial charge in [-0.3, -0.25) is 4.79 Å². The van der Waals surface area contributed by atoms with Crippen molar-refractivity contribution in [1.29, 1.82) is 0 Å². The minimum Gasteiger partial charge on any atom is -0.508 e. The van der Waals surface area contributed by atoms with Crippen molar-refractivity contribution in [1.82, 2.24) is 0 Å². The molecule has 1 unspecified atom stereocenters. The van der Waals surface area contributed by atoms with Crippen LogP contribution in [0.3, 0.4) is 0 Å². The van der Waals surface area contributed by atoms with E-state index in [0.29, 0.717) is 11.8 Å². The van der Waals surface area contributed by atoms with Crippen LogP contribution in [0.2, 0.25) is 0 Å². The summed E-state index contributed by atoms with van der Waals surface area (Å²) in [5, 5.41) is 9.79. The lowest BCUT2D eigenvalue weighted by atomic mass is 10.1. The number of ether oxygens (including phenoxy) is 1. The van der Waals surface area contributed by atoms with Gasteiger partial charge >= 0.3 is 5.97 Å². The van der Waals surface area contributed by atoms with Gasteiger partial charge in [0.1, 0.15) is 17.4 Å². The summed E-state index contributed by atoms with van der Waals surface area (Å²) in [7, 11) is 0. The molecule has 0 amide bonds. The largest absolute Gasteiger partial charge is 0.508 e. The van der Waals surface area contributed by atoms with Crippen LogP contribution >= 0.6 is 0 Å². The minimum atomic E-state index is -0.643. The number of hydrogen-bond acceptors (Lipinski definition) is 5. The molecular weight excluding hydrogens is 296 g/mol. The number of fused-ring (bicyclic) bond motifs is 1. The summed E-state index contributed by atoms with van der Waals surface area (Å²) in [6.07, 6.45) is 4.53. The van der Waals surface area contributed by atoms with Gasteiger partial charge in [0.05, 0.1) is 5.39 Å². The van der Waals surface area contributed by atoms with E-state index in [1.54, 1.807) is 0 Å². The molecule has 23 heavy (non-hydrogen) atoms. The number of hydrogen-bond donors (Lipinski definition) is 1. The van der Waals surface area contributed by atoms with Crippen LogP contribution in [-0.2, 0) is 4.74 Å². The Labute approximate surface area is 134 Å². The van der Waals surface area contributed by atoms with E-state index in [1.165, 1.54) is 18.2 Å². The van der Waals surface area contributed by atoms with Gasteiger partial charge in [-0.1, -0.05) is 26.7 Å². The fourth-order valence-electron chi connectivity index (χ4n) is 2.42. The van der Waals surface area contributed by atoms with Gasteiger partial charge < -0.3 is 14.3 Å². The van der Waals surface area contributed by atoms with E-state index >= 15 is 0 Å². The first-order valence-corrected chi connectivity index (χ1v) is 8.03. The van der Waals surface area contributed by atoms with E-state index in [9.17, 15) is 14.7 Å². The Bertz CT molecular complexity index is 732. The fourth-order valence-corrected chi connectivity index (χ4v) is 2.42. The molecule has 124 valence electrons. The predicted molar refractivity (Wildman–Crippen MR) is 87.8 cm³/mol. The van der Waals surface area contributed by atoms with Gasteiger partial charge in [-0.2, -0.15) is 0 Å². The summed E-state index contributed by atoms with van der Waals surface area (Å²) in [6.45, 7) is 4.07. The molecule has 0 bridgehead atoms. The van der Waals surface area contributed by atoms with Crippen LogP contribution in [0, 0.1) is 0 Å². The van der Waals surface area contributed by atoms with Gasteiger partial charge in [0.2, 0.25) is 5.76 Å². The van der Waals surface area contributed by atoms with Crippen molar-refractivity contribution in [3.8, 4) is 5.75 Å². The normalized spacial score (nSPS) is 12.3. The minimum absolute atomic E-state index is 0.0304. The van der Waals surface area contributed by atoms with Crippen molar-refractivity contribution in [2.45, 2.75) is 52.1 Å². The highest BCUT2D eigenvalue weighted by Crippen LogP contribution is 2.19. The Morgan fingerprint density at radius 1 is 1.26 bits per heavy atom. The Balaban J connectivity index is 2.18. The van der Waals surface area contributed by atoms with Crippen LogP contribution in [0.4, 0.5) is 0 Å². The zero-order valence-corrected chi connectivity index (χ0v) is 13.5. The molecule has 0 aliphatic carbocycles. The highest BCUT2D eigenvalue weighted by molar-refractivity contribution is 5.89. The summed E-state index contributed by atoms with van der Waals surface area (Å²) < 4.78 is 10.9. The van der Waals surface area contributed by atoms with Crippen LogP contribution in [0.5, 0.6) is 5.75 Å². The molecule has 2 rings (SSSR count). The van der Waals surface area contributed by atoms with E-state index in [4.69, 9.17) is 9.15 Å². The number of rotatable bonds is 7. The van der Waals surface area contributed by atoms with Crippen LogP contribution in [0.25, 0.3) is 11.0 Å². The first-order valence-electron chi connectivity index (χ1n) is 8.03. The number of carbonyl (C=O) groups excluding carboxylic acids is 1. The van der Waals surface area contributed by atoms with E-state index in [1.807, 2.05) is 6.92 Å². The summed E-state index contributed by atoms with van der Waals surface area (Å²) >= 11 is 0. The van der Waals surface area contributed by atoms with Crippen molar-refractivity contribution in [2.75, 3.05) is 0 Å². The lowest BCUT2D eigenvalue weighted by Crippen LogP contribution is -2.18. The zero-order chi connectivity index (χ0) is 16.8. The second-order valence-corrected chi connectivity index (χ2v) is 5.59. The third kappa shape index (κ3) is 4.34. The van der Waals surface area contributed by atoms with Crippen molar-refractivity contribution in [3.05, 3.63) is 40.2 Å². The molecule has 1 aromatic heterocycles. The molecule has 0 radical (unpaired) electrons. The SMILES string of the molecule is CCCCCC(CC)OC(=O)c1cc(=O)c2ccc(O)cc2o1. The van der Waals surface area contributed by atoms with Gasteiger partial charge in [-0.25, -0.2) is 4.79 Å². The number of aromatic hydroxyl groups is 1. The number of phenolic OH excluding ortho intramolecular Hbond substituents is 1. The highest BCUT2D eigenvalue weighted by atomic mass is 16.6. The summed E-state index contributed by atoms with van der Waals surface area (Å²) in [6, 6.07) is 5.32. The number of carbonyl (C=O) groups is 1. The van der Waals surface area contributed by atoms with Crippen LogP contribution in [-0.4, -0.2) is 17.2 Å². The van der Waals surface area contributed by atoms with Gasteiger partial charge in [0, 0.05) is 12.1 Å². The third-order valence-electron chi connectivity index (χ3n) is 3.77. The third-order valence-corrected chi connectivity index (χ3v) is 3.77. The predicted octanol–water partition coefficient (Wildman–Crippen LogP) is 4.01. The van der Waals surface area contributed by atoms with Gasteiger partial charge in [-0.15, -0.1) is 0 Å². The lowest BCUT2D eigenvalue weighted by molar-refractivity contribution is 0.0232. The molecule has 0 aliphatic heterocycles. The second-order valence-electron chi connectivity index (χ2n) is 5.59. The molecule has 1 aromatic carbocycles. The maximum atomic E-state index is 12.2. The molecule has 0 spiro atoms. The molecule has 0 fully saturated rings. The zero-order valence-electron chi connectivity index (χ0n) is 13.5. The Kier molecular flexibility index (Phi) is 5.79. The van der Waals surface area contributed by atoms with E-state index < -0.39 is 5.97 Å². The summed E-state index contributed by atoms with van der Waals surface area (Å²) in [4.78, 5) is 24.2. The Morgan fingerprint density at radius 3 is 2.74 bits per heavy atom. The van der Waals surface area contributed by atoms with Crippen LogP contribution < -0.4 is 5.43 Å². The highest BCUT2D eigenvalue weighted by Gasteiger charge is 2.18. The number of benzene rings is 1. The number of unbranched alkanes of at least 4 members (excludes halogenated alkanes) is 2. The molecule has 1 heterocycles. The van der Waals surface area contributed by atoms with Crippen molar-refractivity contribution < 1.29 is 19.1 Å².